The molecule has 0 bridgehead atoms. The largest absolute Gasteiger partial charge is 0.309 e. The monoisotopic (exact) mass is 247 g/mol. The van der Waals surface area contributed by atoms with Crippen molar-refractivity contribution in [3.63, 3.8) is 0 Å². The molecule has 1 N–H and O–H groups in total. The zero-order valence-corrected chi connectivity index (χ0v) is 9.83. The Bertz CT molecular complexity index is 234. The van der Waals surface area contributed by atoms with Gasteiger partial charge in [0.05, 0.1) is 0 Å². The van der Waals surface area contributed by atoms with Crippen LogP contribution < -0.4 is 5.32 Å². The van der Waals surface area contributed by atoms with Gasteiger partial charge in [-0.25, -0.2) is 0 Å². The molecular formula is C9H14BrNS. The van der Waals surface area contributed by atoms with Gasteiger partial charge in [0.25, 0.3) is 0 Å². The zero-order valence-electron chi connectivity index (χ0n) is 7.43. The van der Waals surface area contributed by atoms with Gasteiger partial charge in [0.1, 0.15) is 0 Å². The lowest BCUT2D eigenvalue weighted by atomic mass is 10.2. The highest BCUT2D eigenvalue weighted by atomic mass is 79.9. The molecule has 1 aromatic rings. The fraction of sp³-hybridized carbons (Fsp3) is 0.556. The molecule has 0 fully saturated rings. The van der Waals surface area contributed by atoms with E-state index in [-0.39, 0.29) is 0 Å². The summed E-state index contributed by atoms with van der Waals surface area (Å²) in [5, 5.41) is 5.58. The van der Waals surface area contributed by atoms with Crippen LogP contribution in [0.3, 0.4) is 0 Å². The second-order valence-electron chi connectivity index (χ2n) is 2.65. The number of nitrogens with one attached hydrogen (secondary N) is 1. The third-order valence-corrected chi connectivity index (χ3v) is 3.80. The Labute approximate surface area is 86.3 Å². The van der Waals surface area contributed by atoms with Crippen molar-refractivity contribution in [1.82, 2.24) is 5.32 Å². The van der Waals surface area contributed by atoms with Gasteiger partial charge in [-0.1, -0.05) is 13.8 Å². The van der Waals surface area contributed by atoms with E-state index in [1.54, 1.807) is 0 Å². The SMILES string of the molecule is CCNC(CC)c1sccc1Br. The van der Waals surface area contributed by atoms with E-state index in [1.165, 1.54) is 9.35 Å². The smallest absolute Gasteiger partial charge is 0.0423 e. The maximum atomic E-state index is 3.55. The molecular weight excluding hydrogens is 234 g/mol. The highest BCUT2D eigenvalue weighted by Crippen LogP contribution is 2.30. The molecule has 1 atom stereocenters. The van der Waals surface area contributed by atoms with E-state index in [0.717, 1.165) is 13.0 Å². The van der Waals surface area contributed by atoms with E-state index in [4.69, 9.17) is 0 Å². The van der Waals surface area contributed by atoms with Crippen molar-refractivity contribution < 1.29 is 0 Å². The molecule has 0 aliphatic carbocycles. The van der Waals surface area contributed by atoms with Crippen LogP contribution in [0.25, 0.3) is 0 Å². The summed E-state index contributed by atoms with van der Waals surface area (Å²) < 4.78 is 1.24. The van der Waals surface area contributed by atoms with Crippen LogP contribution in [-0.2, 0) is 0 Å². The normalized spacial score (nSPS) is 13.2. The highest BCUT2D eigenvalue weighted by Gasteiger charge is 2.11. The van der Waals surface area contributed by atoms with Crippen molar-refractivity contribution in [3.05, 3.63) is 20.8 Å². The summed E-state index contributed by atoms with van der Waals surface area (Å²) in [4.78, 5) is 1.42. The maximum Gasteiger partial charge on any atom is 0.0423 e. The second kappa shape index (κ2) is 5.00. The Morgan fingerprint density at radius 1 is 1.58 bits per heavy atom. The van der Waals surface area contributed by atoms with E-state index in [2.05, 4.69) is 46.5 Å². The van der Waals surface area contributed by atoms with E-state index in [9.17, 15) is 0 Å². The predicted molar refractivity (Wildman–Crippen MR) is 58.7 cm³/mol. The number of hydrogen-bond donors (Lipinski definition) is 1. The summed E-state index contributed by atoms with van der Waals surface area (Å²) in [6.45, 7) is 5.38. The molecule has 0 saturated heterocycles. The van der Waals surface area contributed by atoms with E-state index < -0.39 is 0 Å². The van der Waals surface area contributed by atoms with Gasteiger partial charge < -0.3 is 5.32 Å². The van der Waals surface area contributed by atoms with E-state index in [0.29, 0.717) is 6.04 Å². The molecule has 1 nitrogen and oxygen atoms in total. The summed E-state index contributed by atoms with van der Waals surface area (Å²) in [5.41, 5.74) is 0. The maximum absolute atomic E-state index is 3.55. The van der Waals surface area contributed by atoms with Crippen LogP contribution in [0.2, 0.25) is 0 Å². The van der Waals surface area contributed by atoms with Crippen LogP contribution in [0, 0.1) is 0 Å². The molecule has 1 heterocycles. The van der Waals surface area contributed by atoms with Gasteiger partial charge >= 0.3 is 0 Å². The fourth-order valence-corrected chi connectivity index (χ4v) is 3.03. The lowest BCUT2D eigenvalue weighted by molar-refractivity contribution is 0.544. The van der Waals surface area contributed by atoms with E-state index >= 15 is 0 Å². The third-order valence-electron chi connectivity index (χ3n) is 1.82. The van der Waals surface area contributed by atoms with Crippen LogP contribution in [0.4, 0.5) is 0 Å². The van der Waals surface area contributed by atoms with Gasteiger partial charge in [0.15, 0.2) is 0 Å². The van der Waals surface area contributed by atoms with Crippen molar-refractivity contribution in [2.24, 2.45) is 0 Å². The van der Waals surface area contributed by atoms with Gasteiger partial charge in [0.2, 0.25) is 0 Å². The zero-order chi connectivity index (χ0) is 8.97. The predicted octanol–water partition coefficient (Wildman–Crippen LogP) is 3.57. The van der Waals surface area contributed by atoms with Crippen LogP contribution in [0.15, 0.2) is 15.9 Å². The number of hydrogen-bond acceptors (Lipinski definition) is 2. The fourth-order valence-electron chi connectivity index (χ4n) is 1.22. The summed E-state index contributed by atoms with van der Waals surface area (Å²) in [7, 11) is 0. The number of rotatable bonds is 4. The quantitative estimate of drug-likeness (QED) is 0.858. The van der Waals surface area contributed by atoms with Crippen molar-refractivity contribution in [2.75, 3.05) is 6.54 Å². The van der Waals surface area contributed by atoms with Crippen molar-refractivity contribution in [2.45, 2.75) is 26.3 Å². The highest BCUT2D eigenvalue weighted by molar-refractivity contribution is 9.10. The molecule has 3 heteroatoms. The average Bonchev–Trinajstić information content (AvgIpc) is 2.47. The number of thiophene rings is 1. The third kappa shape index (κ3) is 2.31. The minimum Gasteiger partial charge on any atom is -0.309 e. The lowest BCUT2D eigenvalue weighted by Crippen LogP contribution is -2.19. The summed E-state index contributed by atoms with van der Waals surface area (Å²) in [5.74, 6) is 0. The van der Waals surface area contributed by atoms with Crippen molar-refractivity contribution >= 4 is 27.3 Å². The minimum atomic E-state index is 0.518. The van der Waals surface area contributed by atoms with Gasteiger partial charge in [0, 0.05) is 15.4 Å². The van der Waals surface area contributed by atoms with Gasteiger partial charge in [-0.2, -0.15) is 0 Å². The first-order valence-corrected chi connectivity index (χ1v) is 5.93. The first kappa shape index (κ1) is 10.2. The van der Waals surface area contributed by atoms with Crippen LogP contribution in [0.5, 0.6) is 0 Å². The average molecular weight is 248 g/mol. The van der Waals surface area contributed by atoms with Crippen molar-refractivity contribution in [3.8, 4) is 0 Å². The molecule has 0 saturated carbocycles. The lowest BCUT2D eigenvalue weighted by Gasteiger charge is -2.14. The first-order valence-electron chi connectivity index (χ1n) is 4.25. The van der Waals surface area contributed by atoms with Gasteiger partial charge in [-0.05, 0) is 40.3 Å². The Hall–Kier alpha value is 0.140. The molecule has 0 amide bonds. The second-order valence-corrected chi connectivity index (χ2v) is 4.45. The van der Waals surface area contributed by atoms with Crippen LogP contribution in [0.1, 0.15) is 31.2 Å². The molecule has 0 aliphatic rings. The molecule has 0 aliphatic heterocycles. The Morgan fingerprint density at radius 3 is 2.75 bits per heavy atom. The van der Waals surface area contributed by atoms with Gasteiger partial charge in [-0.15, -0.1) is 11.3 Å². The summed E-state index contributed by atoms with van der Waals surface area (Å²) in [6, 6.07) is 2.63. The Kier molecular flexibility index (Phi) is 4.26. The van der Waals surface area contributed by atoms with E-state index in [1.807, 2.05) is 11.3 Å². The van der Waals surface area contributed by atoms with Crippen molar-refractivity contribution in [1.29, 1.82) is 0 Å². The molecule has 12 heavy (non-hydrogen) atoms. The summed E-state index contributed by atoms with van der Waals surface area (Å²) >= 11 is 5.36. The van der Waals surface area contributed by atoms with Crippen LogP contribution >= 0.6 is 27.3 Å². The summed E-state index contributed by atoms with van der Waals surface area (Å²) in [6.07, 6.45) is 1.15. The number of halogens is 1. The molecule has 0 spiro atoms. The molecule has 0 aromatic carbocycles. The Balaban J connectivity index is 2.72. The topological polar surface area (TPSA) is 12.0 Å². The van der Waals surface area contributed by atoms with Crippen LogP contribution in [-0.4, -0.2) is 6.54 Å². The Morgan fingerprint density at radius 2 is 2.33 bits per heavy atom. The molecule has 1 unspecified atom stereocenters. The standard InChI is InChI=1S/C9H14BrNS/c1-3-8(11-4-2)9-7(10)5-6-12-9/h5-6,8,11H,3-4H2,1-2H3. The van der Waals surface area contributed by atoms with Gasteiger partial charge in [-0.3, -0.25) is 0 Å². The first-order chi connectivity index (χ1) is 5.79. The molecule has 1 aromatic heterocycles. The molecule has 0 radical (unpaired) electrons. The molecule has 1 rings (SSSR count). The molecule has 68 valence electrons. The minimum absolute atomic E-state index is 0.518.